The fraction of sp³-hybridized carbons (Fsp3) is 0.391. The van der Waals surface area contributed by atoms with Crippen molar-refractivity contribution in [3.63, 3.8) is 0 Å². The fourth-order valence-corrected chi connectivity index (χ4v) is 4.26. The zero-order valence-corrected chi connectivity index (χ0v) is 21.5. The quantitative estimate of drug-likeness (QED) is 0.519. The van der Waals surface area contributed by atoms with Crippen LogP contribution in [0.4, 0.5) is 5.69 Å². The van der Waals surface area contributed by atoms with E-state index in [1.807, 2.05) is 6.92 Å². The first-order valence-corrected chi connectivity index (χ1v) is 13.1. The molecule has 0 aliphatic heterocycles. The Balaban J connectivity index is 2.38. The maximum Gasteiger partial charge on any atom is 0.244 e. The molecule has 2 aromatic rings. The molecule has 180 valence electrons. The maximum atomic E-state index is 13.4. The number of hydrogen-bond acceptors (Lipinski definition) is 4. The van der Waals surface area contributed by atoms with Crippen LogP contribution in [0.15, 0.2) is 42.5 Å². The molecule has 33 heavy (non-hydrogen) atoms. The molecular weight excluding hydrogens is 485 g/mol. The number of carbonyl (C=O) groups excluding carboxylic acids is 2. The van der Waals surface area contributed by atoms with Gasteiger partial charge in [0.05, 0.1) is 11.9 Å². The molecule has 2 aromatic carbocycles. The highest BCUT2D eigenvalue weighted by Gasteiger charge is 2.30. The first kappa shape index (κ1) is 27.0. The number of sulfonamides is 1. The van der Waals surface area contributed by atoms with E-state index in [0.717, 1.165) is 28.1 Å². The number of rotatable bonds is 10. The molecule has 0 heterocycles. The number of carbonyl (C=O) groups is 2. The molecule has 0 aliphatic carbocycles. The van der Waals surface area contributed by atoms with Crippen LogP contribution in [-0.4, -0.2) is 50.5 Å². The summed E-state index contributed by atoms with van der Waals surface area (Å²) < 4.78 is 26.1. The second-order valence-corrected chi connectivity index (χ2v) is 10.6. The van der Waals surface area contributed by atoms with E-state index in [-0.39, 0.29) is 18.1 Å². The SMILES string of the molecule is CCCNC(=O)C(C)N(Cc1ccc(Cl)cc1)C(=O)CN(c1ccc(C)c(Cl)c1)S(C)(=O)=O. The Kier molecular flexibility index (Phi) is 9.57. The van der Waals surface area contributed by atoms with Crippen molar-refractivity contribution in [2.75, 3.05) is 23.7 Å². The minimum atomic E-state index is -3.81. The van der Waals surface area contributed by atoms with Crippen LogP contribution in [0.3, 0.4) is 0 Å². The zero-order chi connectivity index (χ0) is 24.8. The van der Waals surface area contributed by atoms with Gasteiger partial charge in [-0.15, -0.1) is 0 Å². The van der Waals surface area contributed by atoms with Gasteiger partial charge < -0.3 is 10.2 Å². The monoisotopic (exact) mass is 513 g/mol. The number of anilines is 1. The number of amides is 2. The first-order chi connectivity index (χ1) is 15.4. The van der Waals surface area contributed by atoms with Gasteiger partial charge in [0, 0.05) is 23.1 Å². The molecule has 0 aliphatic rings. The summed E-state index contributed by atoms with van der Waals surface area (Å²) in [6, 6.07) is 10.9. The van der Waals surface area contributed by atoms with E-state index in [4.69, 9.17) is 23.2 Å². The van der Waals surface area contributed by atoms with Crippen molar-refractivity contribution in [2.24, 2.45) is 0 Å². The topological polar surface area (TPSA) is 86.8 Å². The Morgan fingerprint density at radius 1 is 1.09 bits per heavy atom. The van der Waals surface area contributed by atoms with E-state index in [0.29, 0.717) is 16.6 Å². The van der Waals surface area contributed by atoms with Crippen LogP contribution in [-0.2, 0) is 26.2 Å². The Bertz CT molecular complexity index is 1090. The van der Waals surface area contributed by atoms with Crippen LogP contribution in [0.2, 0.25) is 10.0 Å². The lowest BCUT2D eigenvalue weighted by Gasteiger charge is -2.31. The minimum Gasteiger partial charge on any atom is -0.354 e. The van der Waals surface area contributed by atoms with Crippen molar-refractivity contribution >= 4 is 50.7 Å². The molecule has 1 N–H and O–H groups in total. The number of nitrogens with zero attached hydrogens (tertiary/aromatic N) is 2. The average Bonchev–Trinajstić information content (AvgIpc) is 2.76. The van der Waals surface area contributed by atoms with Gasteiger partial charge in [-0.05, 0) is 55.7 Å². The smallest absolute Gasteiger partial charge is 0.244 e. The van der Waals surface area contributed by atoms with E-state index in [2.05, 4.69) is 5.32 Å². The van der Waals surface area contributed by atoms with Crippen molar-refractivity contribution < 1.29 is 18.0 Å². The Morgan fingerprint density at radius 3 is 2.27 bits per heavy atom. The zero-order valence-electron chi connectivity index (χ0n) is 19.1. The van der Waals surface area contributed by atoms with Gasteiger partial charge in [0.15, 0.2) is 0 Å². The first-order valence-electron chi connectivity index (χ1n) is 10.5. The molecule has 1 unspecified atom stereocenters. The molecule has 1 atom stereocenters. The van der Waals surface area contributed by atoms with Gasteiger partial charge in [-0.1, -0.05) is 48.3 Å². The standard InChI is InChI=1S/C23H29Cl2N3O4S/c1-5-12-26-23(30)17(3)27(14-18-7-9-19(24)10-8-18)22(29)15-28(33(4,31)32)20-11-6-16(2)21(25)13-20/h6-11,13,17H,5,12,14-15H2,1-4H3,(H,26,30). The molecule has 2 rings (SSSR count). The molecule has 2 amide bonds. The average molecular weight is 514 g/mol. The Labute approximate surface area is 205 Å². The molecular formula is C23H29Cl2N3O4S. The number of aryl methyl sites for hydroxylation is 1. The normalized spacial score (nSPS) is 12.2. The van der Waals surface area contributed by atoms with Crippen molar-refractivity contribution in [1.82, 2.24) is 10.2 Å². The number of hydrogen-bond donors (Lipinski definition) is 1. The van der Waals surface area contributed by atoms with Crippen LogP contribution in [0, 0.1) is 6.92 Å². The van der Waals surface area contributed by atoms with Crippen LogP contribution in [0.25, 0.3) is 0 Å². The number of nitrogens with one attached hydrogen (secondary N) is 1. The molecule has 7 nitrogen and oxygen atoms in total. The number of halogens is 2. The summed E-state index contributed by atoms with van der Waals surface area (Å²) in [6.07, 6.45) is 1.77. The van der Waals surface area contributed by atoms with E-state index in [9.17, 15) is 18.0 Å². The van der Waals surface area contributed by atoms with Gasteiger partial charge in [0.25, 0.3) is 0 Å². The third kappa shape index (κ3) is 7.62. The van der Waals surface area contributed by atoms with E-state index >= 15 is 0 Å². The second-order valence-electron chi connectivity index (χ2n) is 7.82. The predicted octanol–water partition coefficient (Wildman–Crippen LogP) is 4.01. The lowest BCUT2D eigenvalue weighted by Crippen LogP contribution is -2.51. The highest BCUT2D eigenvalue weighted by molar-refractivity contribution is 7.92. The van der Waals surface area contributed by atoms with E-state index in [1.165, 1.54) is 11.0 Å². The van der Waals surface area contributed by atoms with Crippen LogP contribution in [0.1, 0.15) is 31.4 Å². The molecule has 0 spiro atoms. The van der Waals surface area contributed by atoms with Gasteiger partial charge in [0.1, 0.15) is 12.6 Å². The maximum absolute atomic E-state index is 13.4. The van der Waals surface area contributed by atoms with E-state index < -0.39 is 28.5 Å². The molecule has 0 fully saturated rings. The lowest BCUT2D eigenvalue weighted by atomic mass is 10.1. The summed E-state index contributed by atoms with van der Waals surface area (Å²) in [7, 11) is -3.81. The summed E-state index contributed by atoms with van der Waals surface area (Å²) in [5.74, 6) is -0.838. The van der Waals surface area contributed by atoms with Crippen LogP contribution in [0.5, 0.6) is 0 Å². The molecule has 10 heteroatoms. The van der Waals surface area contributed by atoms with Crippen molar-refractivity contribution in [1.29, 1.82) is 0 Å². The summed E-state index contributed by atoms with van der Waals surface area (Å²) in [4.78, 5) is 27.4. The van der Waals surface area contributed by atoms with E-state index in [1.54, 1.807) is 50.2 Å². The van der Waals surface area contributed by atoms with Gasteiger partial charge in [-0.25, -0.2) is 8.42 Å². The lowest BCUT2D eigenvalue weighted by molar-refractivity contribution is -0.139. The largest absolute Gasteiger partial charge is 0.354 e. The third-order valence-corrected chi connectivity index (χ3v) is 6.91. The second kappa shape index (κ2) is 11.7. The highest BCUT2D eigenvalue weighted by Crippen LogP contribution is 2.25. The summed E-state index contributed by atoms with van der Waals surface area (Å²) in [5, 5.41) is 3.72. The van der Waals surface area contributed by atoms with Crippen molar-refractivity contribution in [3.8, 4) is 0 Å². The predicted molar refractivity (Wildman–Crippen MR) is 133 cm³/mol. The Hall–Kier alpha value is -2.29. The van der Waals surface area contributed by atoms with Gasteiger partial charge in [-0.3, -0.25) is 13.9 Å². The van der Waals surface area contributed by atoms with Gasteiger partial charge in [-0.2, -0.15) is 0 Å². The molecule has 0 radical (unpaired) electrons. The highest BCUT2D eigenvalue weighted by atomic mass is 35.5. The van der Waals surface area contributed by atoms with Crippen LogP contribution >= 0.6 is 23.2 Å². The Morgan fingerprint density at radius 2 is 1.73 bits per heavy atom. The molecule has 0 saturated carbocycles. The fourth-order valence-electron chi connectivity index (χ4n) is 3.12. The van der Waals surface area contributed by atoms with Gasteiger partial charge in [0.2, 0.25) is 21.8 Å². The molecule has 0 saturated heterocycles. The molecule has 0 aromatic heterocycles. The van der Waals surface area contributed by atoms with Crippen molar-refractivity contribution in [3.05, 3.63) is 63.6 Å². The molecule has 0 bridgehead atoms. The third-order valence-electron chi connectivity index (χ3n) is 5.11. The van der Waals surface area contributed by atoms with Crippen molar-refractivity contribution in [2.45, 2.75) is 39.8 Å². The van der Waals surface area contributed by atoms with Crippen LogP contribution < -0.4 is 9.62 Å². The van der Waals surface area contributed by atoms with Gasteiger partial charge >= 0.3 is 0 Å². The summed E-state index contributed by atoms with van der Waals surface area (Å²) >= 11 is 12.1. The minimum absolute atomic E-state index is 0.114. The summed E-state index contributed by atoms with van der Waals surface area (Å²) in [6.45, 7) is 5.46. The number of benzene rings is 2. The summed E-state index contributed by atoms with van der Waals surface area (Å²) in [5.41, 5.74) is 1.81.